The molecule has 1 aromatic carbocycles. The van der Waals surface area contributed by atoms with Crippen molar-refractivity contribution in [1.82, 2.24) is 5.32 Å². The van der Waals surface area contributed by atoms with Crippen LogP contribution < -0.4 is 10.1 Å². The molecule has 0 aliphatic heterocycles. The number of para-hydroxylation sites is 1. The lowest BCUT2D eigenvalue weighted by Gasteiger charge is -2.01. The summed E-state index contributed by atoms with van der Waals surface area (Å²) in [6.07, 6.45) is 3.30. The molecule has 0 spiro atoms. The summed E-state index contributed by atoms with van der Waals surface area (Å²) in [6.45, 7) is 0.297. The Bertz CT molecular complexity index is 678. The largest absolute Gasteiger partial charge is 0.495 e. The van der Waals surface area contributed by atoms with Gasteiger partial charge in [0.1, 0.15) is 5.75 Å². The first-order valence-electron chi connectivity index (χ1n) is 6.41. The summed E-state index contributed by atoms with van der Waals surface area (Å²) in [5.74, 6) is 6.46. The molecule has 0 bridgehead atoms. The van der Waals surface area contributed by atoms with E-state index < -0.39 is 0 Å². The lowest BCUT2D eigenvalue weighted by molar-refractivity contribution is -0.116. The minimum absolute atomic E-state index is 0.155. The van der Waals surface area contributed by atoms with Gasteiger partial charge in [0.25, 0.3) is 0 Å². The second kappa shape index (κ2) is 7.93. The van der Waals surface area contributed by atoms with Crippen molar-refractivity contribution in [2.75, 3.05) is 13.7 Å². The predicted octanol–water partition coefficient (Wildman–Crippen LogP) is 2.94. The van der Waals surface area contributed by atoms with Gasteiger partial charge in [0.05, 0.1) is 19.2 Å². The van der Waals surface area contributed by atoms with Gasteiger partial charge in [-0.25, -0.2) is 0 Å². The fourth-order valence-electron chi connectivity index (χ4n) is 1.62. The normalized spacial score (nSPS) is 9.95. The summed E-state index contributed by atoms with van der Waals surface area (Å²) in [5.41, 5.74) is 0.809. The molecule has 1 amide bonds. The Morgan fingerprint density at radius 3 is 2.95 bits per heavy atom. The van der Waals surface area contributed by atoms with Crippen molar-refractivity contribution in [3.05, 3.63) is 58.3 Å². The second-order valence-corrected chi connectivity index (χ2v) is 5.05. The highest BCUT2D eigenvalue weighted by Crippen LogP contribution is 2.15. The number of benzene rings is 1. The second-order valence-electron chi connectivity index (χ2n) is 4.07. The maximum atomic E-state index is 11.6. The Morgan fingerprint density at radius 2 is 2.19 bits per heavy atom. The van der Waals surface area contributed by atoms with Crippen LogP contribution in [0.4, 0.5) is 0 Å². The Kier molecular flexibility index (Phi) is 5.62. The number of hydrogen-bond acceptors (Lipinski definition) is 3. The molecule has 1 heterocycles. The quantitative estimate of drug-likeness (QED) is 0.696. The zero-order valence-electron chi connectivity index (χ0n) is 11.6. The van der Waals surface area contributed by atoms with E-state index in [4.69, 9.17) is 4.74 Å². The summed E-state index contributed by atoms with van der Waals surface area (Å²) in [6, 6.07) is 11.4. The van der Waals surface area contributed by atoms with Crippen LogP contribution in [0.5, 0.6) is 5.75 Å². The van der Waals surface area contributed by atoms with Crippen LogP contribution in [0.25, 0.3) is 6.08 Å². The molecule has 0 atom stereocenters. The molecule has 0 unspecified atom stereocenters. The van der Waals surface area contributed by atoms with Crippen molar-refractivity contribution in [3.63, 3.8) is 0 Å². The fraction of sp³-hybridized carbons (Fsp3) is 0.118. The standard InChI is InChI=1S/C17H15NO2S/c1-20-16-9-3-2-6-14(16)7-4-12-18-17(19)11-10-15-8-5-13-21-15/h2-3,5-6,8-11,13H,12H2,1H3,(H,18,19)/b11-10+. The molecule has 0 aliphatic carbocycles. The lowest BCUT2D eigenvalue weighted by Crippen LogP contribution is -2.20. The Balaban J connectivity index is 1.84. The number of methoxy groups -OCH3 is 1. The molecule has 2 aromatic rings. The van der Waals surface area contributed by atoms with Crippen LogP contribution in [0.1, 0.15) is 10.4 Å². The van der Waals surface area contributed by atoms with Crippen LogP contribution in [-0.2, 0) is 4.79 Å². The third kappa shape index (κ3) is 4.83. The topological polar surface area (TPSA) is 38.3 Å². The van der Waals surface area contributed by atoms with Gasteiger partial charge < -0.3 is 10.1 Å². The molecule has 1 aromatic heterocycles. The SMILES string of the molecule is COc1ccccc1C#CCNC(=O)/C=C/c1cccs1. The molecule has 21 heavy (non-hydrogen) atoms. The van der Waals surface area contributed by atoms with E-state index in [1.807, 2.05) is 41.8 Å². The molecular weight excluding hydrogens is 282 g/mol. The van der Waals surface area contributed by atoms with Gasteiger partial charge in [0, 0.05) is 11.0 Å². The smallest absolute Gasteiger partial charge is 0.244 e. The molecule has 0 fully saturated rings. The average Bonchev–Trinajstić information content (AvgIpc) is 3.03. The summed E-state index contributed by atoms with van der Waals surface area (Å²) in [5, 5.41) is 4.69. The van der Waals surface area contributed by atoms with E-state index in [9.17, 15) is 4.79 Å². The van der Waals surface area contributed by atoms with Crippen LogP contribution in [0.3, 0.4) is 0 Å². The van der Waals surface area contributed by atoms with E-state index in [2.05, 4.69) is 17.2 Å². The van der Waals surface area contributed by atoms with Crippen molar-refractivity contribution in [2.24, 2.45) is 0 Å². The molecule has 0 saturated heterocycles. The van der Waals surface area contributed by atoms with E-state index >= 15 is 0 Å². The Hall–Kier alpha value is -2.51. The summed E-state index contributed by atoms with van der Waals surface area (Å²) >= 11 is 1.59. The maximum Gasteiger partial charge on any atom is 0.244 e. The third-order valence-corrected chi connectivity index (χ3v) is 3.46. The van der Waals surface area contributed by atoms with Gasteiger partial charge in [0.2, 0.25) is 5.91 Å². The van der Waals surface area contributed by atoms with Crippen LogP contribution >= 0.6 is 11.3 Å². The van der Waals surface area contributed by atoms with Crippen molar-refractivity contribution in [1.29, 1.82) is 0 Å². The zero-order valence-corrected chi connectivity index (χ0v) is 12.4. The van der Waals surface area contributed by atoms with Gasteiger partial charge >= 0.3 is 0 Å². The van der Waals surface area contributed by atoms with Crippen LogP contribution in [0, 0.1) is 11.8 Å². The van der Waals surface area contributed by atoms with Crippen LogP contribution in [-0.4, -0.2) is 19.6 Å². The van der Waals surface area contributed by atoms with Crippen molar-refractivity contribution in [3.8, 4) is 17.6 Å². The number of hydrogen-bond donors (Lipinski definition) is 1. The van der Waals surface area contributed by atoms with Crippen molar-refractivity contribution < 1.29 is 9.53 Å². The molecule has 1 N–H and O–H groups in total. The Morgan fingerprint density at radius 1 is 1.33 bits per heavy atom. The molecule has 0 aliphatic rings. The minimum atomic E-state index is -0.155. The minimum Gasteiger partial charge on any atom is -0.495 e. The molecule has 4 heteroatoms. The first-order chi connectivity index (χ1) is 10.3. The number of amides is 1. The molecular formula is C17H15NO2S. The summed E-state index contributed by atoms with van der Waals surface area (Å²) < 4.78 is 5.20. The molecule has 0 radical (unpaired) electrons. The van der Waals surface area contributed by atoms with Gasteiger partial charge in [0.15, 0.2) is 0 Å². The highest BCUT2D eigenvalue weighted by Gasteiger charge is 1.96. The first-order valence-corrected chi connectivity index (χ1v) is 7.29. The van der Waals surface area contributed by atoms with Gasteiger partial charge in [-0.05, 0) is 29.7 Å². The van der Waals surface area contributed by atoms with E-state index in [0.717, 1.165) is 16.2 Å². The predicted molar refractivity (Wildman–Crippen MR) is 86.2 cm³/mol. The number of nitrogens with one attached hydrogen (secondary N) is 1. The van der Waals surface area contributed by atoms with Crippen molar-refractivity contribution >= 4 is 23.3 Å². The molecule has 2 rings (SSSR count). The van der Waals surface area contributed by atoms with Gasteiger partial charge in [-0.2, -0.15) is 0 Å². The Labute approximate surface area is 128 Å². The van der Waals surface area contributed by atoms with Crippen LogP contribution in [0.15, 0.2) is 47.9 Å². The summed E-state index contributed by atoms with van der Waals surface area (Å²) in [7, 11) is 1.61. The monoisotopic (exact) mass is 297 g/mol. The number of ether oxygens (including phenoxy) is 1. The van der Waals surface area contributed by atoms with Gasteiger partial charge in [-0.15, -0.1) is 11.3 Å². The maximum absolute atomic E-state index is 11.6. The number of carbonyl (C=O) groups excluding carboxylic acids is 1. The molecule has 106 valence electrons. The van der Waals surface area contributed by atoms with E-state index in [-0.39, 0.29) is 5.91 Å². The van der Waals surface area contributed by atoms with Gasteiger partial charge in [-0.1, -0.05) is 30.0 Å². The summed E-state index contributed by atoms with van der Waals surface area (Å²) in [4.78, 5) is 12.6. The van der Waals surface area contributed by atoms with E-state index in [1.54, 1.807) is 24.5 Å². The number of carbonyl (C=O) groups is 1. The third-order valence-electron chi connectivity index (χ3n) is 2.62. The van der Waals surface area contributed by atoms with Gasteiger partial charge in [-0.3, -0.25) is 4.79 Å². The van der Waals surface area contributed by atoms with E-state index in [0.29, 0.717) is 6.54 Å². The van der Waals surface area contributed by atoms with Crippen molar-refractivity contribution in [2.45, 2.75) is 0 Å². The average molecular weight is 297 g/mol. The lowest BCUT2D eigenvalue weighted by atomic mass is 10.2. The number of rotatable bonds is 4. The van der Waals surface area contributed by atoms with E-state index in [1.165, 1.54) is 6.08 Å². The molecule has 0 saturated carbocycles. The fourth-order valence-corrected chi connectivity index (χ4v) is 2.24. The number of thiophene rings is 1. The van der Waals surface area contributed by atoms with Crippen LogP contribution in [0.2, 0.25) is 0 Å². The molecule has 3 nitrogen and oxygen atoms in total. The first kappa shape index (κ1) is 14.9. The highest BCUT2D eigenvalue weighted by molar-refractivity contribution is 7.10. The highest BCUT2D eigenvalue weighted by atomic mass is 32.1. The zero-order chi connectivity index (χ0) is 14.9.